The number of benzene rings is 3. The number of fused-ring (bicyclic) bond motifs is 1. The van der Waals surface area contributed by atoms with Crippen LogP contribution in [0.15, 0.2) is 84.0 Å². The summed E-state index contributed by atoms with van der Waals surface area (Å²) in [7, 11) is -2.21. The molecule has 3 aromatic carbocycles. The molecule has 0 radical (unpaired) electrons. The van der Waals surface area contributed by atoms with Crippen LogP contribution in [0.1, 0.15) is 53.7 Å². The SMILES string of the molecule is Cn1ccnc1CN(C(=O)[C@@H]1C[C@@H]1c1ccc(Cl)cc1)c1ccc2c(c1)[C@@H](NS(=O)(=O)c1ccccc1F)CCC2. The number of aryl methyl sites for hydroxylation is 2. The maximum Gasteiger partial charge on any atom is 0.244 e. The molecule has 1 aromatic heterocycles. The topological polar surface area (TPSA) is 84.3 Å². The Bertz CT molecular complexity index is 1710. The quantitative estimate of drug-likeness (QED) is 0.276. The van der Waals surface area contributed by atoms with Gasteiger partial charge in [0.05, 0.1) is 6.54 Å². The Morgan fingerprint density at radius 1 is 1.15 bits per heavy atom. The standard InChI is InChI=1S/C31H30ClFN4O3S/c1-36-16-15-34-30(36)19-37(31(38)26-18-24(26)21-9-12-22(32)13-10-21)23-14-11-20-5-4-7-28(25(20)17-23)35-41(39,40)29-8-3-2-6-27(29)33/h2-3,6,8-17,24,26,28,35H,4-5,7,18-19H2,1H3/t24-,26-,28+/m1/s1. The molecule has 212 valence electrons. The van der Waals surface area contributed by atoms with Gasteiger partial charge in [-0.25, -0.2) is 22.5 Å². The number of sulfonamides is 1. The third kappa shape index (κ3) is 5.66. The number of hydrogen-bond donors (Lipinski definition) is 1. The number of halogens is 2. The zero-order valence-electron chi connectivity index (χ0n) is 22.5. The first kappa shape index (κ1) is 27.6. The summed E-state index contributed by atoms with van der Waals surface area (Å²) >= 11 is 6.07. The Kier molecular flexibility index (Phi) is 7.44. The molecular weight excluding hydrogens is 563 g/mol. The Balaban J connectivity index is 1.32. The molecule has 41 heavy (non-hydrogen) atoms. The lowest BCUT2D eigenvalue weighted by molar-refractivity contribution is -0.120. The summed E-state index contributed by atoms with van der Waals surface area (Å²) in [4.78, 5) is 19.8. The van der Waals surface area contributed by atoms with Gasteiger partial charge in [0.25, 0.3) is 0 Å². The number of nitrogens with zero attached hydrogens (tertiary/aromatic N) is 3. The van der Waals surface area contributed by atoms with Crippen molar-refractivity contribution in [2.75, 3.05) is 4.90 Å². The molecule has 10 heteroatoms. The Morgan fingerprint density at radius 3 is 2.66 bits per heavy atom. The van der Waals surface area contributed by atoms with E-state index in [0.29, 0.717) is 17.1 Å². The second-order valence-electron chi connectivity index (χ2n) is 10.8. The van der Waals surface area contributed by atoms with Crippen LogP contribution in [0.5, 0.6) is 0 Å². The van der Waals surface area contributed by atoms with Crippen molar-refractivity contribution in [3.63, 3.8) is 0 Å². The van der Waals surface area contributed by atoms with E-state index >= 15 is 0 Å². The molecule has 4 aromatic rings. The van der Waals surface area contributed by atoms with Crippen molar-refractivity contribution in [3.05, 3.63) is 112 Å². The van der Waals surface area contributed by atoms with Gasteiger partial charge in [-0.3, -0.25) is 4.79 Å². The van der Waals surface area contributed by atoms with Crippen molar-refractivity contribution in [3.8, 4) is 0 Å². The van der Waals surface area contributed by atoms with Gasteiger partial charge in [-0.15, -0.1) is 0 Å². The van der Waals surface area contributed by atoms with E-state index in [1.165, 1.54) is 18.2 Å². The molecule has 1 saturated carbocycles. The van der Waals surface area contributed by atoms with Gasteiger partial charge in [-0.05, 0) is 84.7 Å². The van der Waals surface area contributed by atoms with Gasteiger partial charge in [0.15, 0.2) is 0 Å². The number of aromatic nitrogens is 2. The smallest absolute Gasteiger partial charge is 0.244 e. The maximum atomic E-state index is 14.4. The molecule has 1 amide bonds. The van der Waals surface area contributed by atoms with E-state index in [1.807, 2.05) is 60.3 Å². The molecule has 1 heterocycles. The first-order chi connectivity index (χ1) is 19.7. The van der Waals surface area contributed by atoms with Crippen molar-refractivity contribution in [1.82, 2.24) is 14.3 Å². The molecule has 1 fully saturated rings. The van der Waals surface area contributed by atoms with Crippen molar-refractivity contribution < 1.29 is 17.6 Å². The molecule has 1 N–H and O–H groups in total. The lowest BCUT2D eigenvalue weighted by atomic mass is 9.87. The van der Waals surface area contributed by atoms with Crippen LogP contribution in [0.25, 0.3) is 0 Å². The highest BCUT2D eigenvalue weighted by atomic mass is 35.5. The van der Waals surface area contributed by atoms with E-state index in [9.17, 15) is 17.6 Å². The van der Waals surface area contributed by atoms with Gasteiger partial charge in [-0.2, -0.15) is 0 Å². The fourth-order valence-corrected chi connectivity index (χ4v) is 7.18. The summed E-state index contributed by atoms with van der Waals surface area (Å²) in [5.41, 5.74) is 3.57. The minimum absolute atomic E-state index is 0.00723. The van der Waals surface area contributed by atoms with Crippen LogP contribution in [-0.2, 0) is 34.8 Å². The molecule has 6 rings (SSSR count). The van der Waals surface area contributed by atoms with E-state index in [1.54, 1.807) is 11.1 Å². The van der Waals surface area contributed by atoms with Crippen molar-refractivity contribution in [1.29, 1.82) is 0 Å². The second kappa shape index (κ2) is 11.0. The van der Waals surface area contributed by atoms with Crippen LogP contribution in [0.2, 0.25) is 5.02 Å². The van der Waals surface area contributed by atoms with Crippen LogP contribution in [0.3, 0.4) is 0 Å². The van der Waals surface area contributed by atoms with Crippen LogP contribution >= 0.6 is 11.6 Å². The monoisotopic (exact) mass is 592 g/mol. The van der Waals surface area contributed by atoms with Crippen molar-refractivity contribution in [2.45, 2.75) is 49.1 Å². The van der Waals surface area contributed by atoms with E-state index < -0.39 is 21.9 Å². The molecule has 0 unspecified atom stereocenters. The number of rotatable bonds is 8. The van der Waals surface area contributed by atoms with Crippen molar-refractivity contribution >= 4 is 33.2 Å². The predicted octanol–water partition coefficient (Wildman–Crippen LogP) is 5.91. The van der Waals surface area contributed by atoms with Gasteiger partial charge >= 0.3 is 0 Å². The average Bonchev–Trinajstić information content (AvgIpc) is 3.66. The normalized spacial score (nSPS) is 19.9. The van der Waals surface area contributed by atoms with Gasteiger partial charge in [0.2, 0.25) is 15.9 Å². The number of carbonyl (C=O) groups excluding carboxylic acids is 1. The fourth-order valence-electron chi connectivity index (χ4n) is 5.72. The Morgan fingerprint density at radius 2 is 1.93 bits per heavy atom. The largest absolute Gasteiger partial charge is 0.337 e. The Hall–Kier alpha value is -3.53. The molecular formula is C31H30ClFN4O3S. The number of anilines is 1. The number of amides is 1. The Labute approximate surface area is 244 Å². The fraction of sp³-hybridized carbons (Fsp3) is 0.290. The summed E-state index contributed by atoms with van der Waals surface area (Å²) in [6.45, 7) is 0.274. The highest BCUT2D eigenvalue weighted by molar-refractivity contribution is 7.89. The zero-order chi connectivity index (χ0) is 28.7. The highest BCUT2D eigenvalue weighted by Crippen LogP contribution is 2.49. The third-order valence-corrected chi connectivity index (χ3v) is 9.83. The molecule has 2 aliphatic carbocycles. The van der Waals surface area contributed by atoms with Crippen LogP contribution in [0, 0.1) is 11.7 Å². The minimum atomic E-state index is -4.10. The van der Waals surface area contributed by atoms with E-state index in [4.69, 9.17) is 11.6 Å². The first-order valence-electron chi connectivity index (χ1n) is 13.6. The highest BCUT2D eigenvalue weighted by Gasteiger charge is 2.46. The van der Waals surface area contributed by atoms with E-state index in [-0.39, 0.29) is 29.2 Å². The molecule has 7 nitrogen and oxygen atoms in total. The van der Waals surface area contributed by atoms with Gasteiger partial charge in [0.1, 0.15) is 16.5 Å². The van der Waals surface area contributed by atoms with Gasteiger partial charge in [0, 0.05) is 42.1 Å². The minimum Gasteiger partial charge on any atom is -0.337 e. The summed E-state index contributed by atoms with van der Waals surface area (Å²) in [6.07, 6.45) is 6.43. The maximum absolute atomic E-state index is 14.4. The molecule has 0 bridgehead atoms. The number of imidazole rings is 1. The molecule has 0 aliphatic heterocycles. The lowest BCUT2D eigenvalue weighted by Gasteiger charge is -2.29. The van der Waals surface area contributed by atoms with E-state index in [0.717, 1.165) is 47.8 Å². The van der Waals surface area contributed by atoms with Crippen molar-refractivity contribution in [2.24, 2.45) is 13.0 Å². The molecule has 0 spiro atoms. The first-order valence-corrected chi connectivity index (χ1v) is 15.5. The number of hydrogen-bond acceptors (Lipinski definition) is 4. The summed E-state index contributed by atoms with van der Waals surface area (Å²) in [6, 6.07) is 18.2. The van der Waals surface area contributed by atoms with Crippen LogP contribution < -0.4 is 9.62 Å². The second-order valence-corrected chi connectivity index (χ2v) is 12.9. The third-order valence-electron chi connectivity index (χ3n) is 8.07. The number of nitrogens with one attached hydrogen (secondary N) is 1. The summed E-state index contributed by atoms with van der Waals surface area (Å²) < 4.78 is 45.3. The lowest BCUT2D eigenvalue weighted by Crippen LogP contribution is -2.34. The molecule has 3 atom stereocenters. The number of carbonyl (C=O) groups is 1. The van der Waals surface area contributed by atoms with Crippen LogP contribution in [-0.4, -0.2) is 23.9 Å². The molecule has 2 aliphatic rings. The summed E-state index contributed by atoms with van der Waals surface area (Å²) in [5, 5.41) is 0.655. The van der Waals surface area contributed by atoms with E-state index in [2.05, 4.69) is 9.71 Å². The molecule has 0 saturated heterocycles. The van der Waals surface area contributed by atoms with Gasteiger partial charge < -0.3 is 9.47 Å². The van der Waals surface area contributed by atoms with Crippen LogP contribution in [0.4, 0.5) is 10.1 Å². The zero-order valence-corrected chi connectivity index (χ0v) is 24.1. The predicted molar refractivity (Wildman–Crippen MR) is 156 cm³/mol. The average molecular weight is 593 g/mol. The summed E-state index contributed by atoms with van der Waals surface area (Å²) in [5.74, 6) is -0.135. The van der Waals surface area contributed by atoms with Gasteiger partial charge in [-0.1, -0.05) is 41.9 Å².